The van der Waals surface area contributed by atoms with Crippen LogP contribution in [0.4, 0.5) is 0 Å². The normalized spacial score (nSPS) is 11.1. The van der Waals surface area contributed by atoms with Gasteiger partial charge in [0.25, 0.3) is 17.6 Å². The van der Waals surface area contributed by atoms with E-state index in [2.05, 4.69) is 10.6 Å². The maximum Gasteiger partial charge on any atom is 0.293 e. The number of nitrogens with one attached hydrogen (secondary N) is 2. The molecule has 0 spiro atoms. The van der Waals surface area contributed by atoms with Gasteiger partial charge in [-0.05, 0) is 40.2 Å². The molecular weight excluding hydrogens is 276 g/mol. The Bertz CT molecular complexity index is 568. The summed E-state index contributed by atoms with van der Waals surface area (Å²) in [4.78, 5) is 36.9. The minimum absolute atomic E-state index is 0.244. The average molecular weight is 296 g/mol. The summed E-state index contributed by atoms with van der Waals surface area (Å²) in [5, 5.41) is 5.17. The number of aryl methyl sites for hydroxylation is 1. The van der Waals surface area contributed by atoms with E-state index >= 15 is 0 Å². The van der Waals surface area contributed by atoms with Crippen molar-refractivity contribution in [1.82, 2.24) is 10.6 Å². The van der Waals surface area contributed by atoms with E-state index in [1.165, 1.54) is 18.4 Å². The van der Waals surface area contributed by atoms with Crippen molar-refractivity contribution in [1.29, 1.82) is 0 Å². The van der Waals surface area contributed by atoms with E-state index < -0.39 is 17.2 Å². The van der Waals surface area contributed by atoms with Gasteiger partial charge in [0.05, 0.1) is 10.4 Å². The summed E-state index contributed by atoms with van der Waals surface area (Å²) in [5.41, 5.74) is 0.557. The van der Waals surface area contributed by atoms with Crippen LogP contribution in [0.15, 0.2) is 0 Å². The Morgan fingerprint density at radius 3 is 2.10 bits per heavy atom. The van der Waals surface area contributed by atoms with Gasteiger partial charge in [-0.1, -0.05) is 0 Å². The molecule has 20 heavy (non-hydrogen) atoms. The third kappa shape index (κ3) is 3.45. The second-order valence-corrected chi connectivity index (χ2v) is 6.82. The van der Waals surface area contributed by atoms with Crippen LogP contribution in [0.25, 0.3) is 0 Å². The molecule has 0 aromatic carbocycles. The van der Waals surface area contributed by atoms with Gasteiger partial charge in [0.15, 0.2) is 0 Å². The van der Waals surface area contributed by atoms with Crippen LogP contribution >= 0.6 is 11.3 Å². The summed E-state index contributed by atoms with van der Waals surface area (Å²) in [6.07, 6.45) is 0. The van der Waals surface area contributed by atoms with E-state index in [1.54, 1.807) is 34.6 Å². The highest BCUT2D eigenvalue weighted by atomic mass is 32.1. The van der Waals surface area contributed by atoms with E-state index in [4.69, 9.17) is 0 Å². The zero-order valence-corrected chi connectivity index (χ0v) is 13.4. The summed E-state index contributed by atoms with van der Waals surface area (Å²) < 4.78 is 0. The van der Waals surface area contributed by atoms with Crippen LogP contribution in [-0.4, -0.2) is 30.2 Å². The highest BCUT2D eigenvalue weighted by Crippen LogP contribution is 2.28. The summed E-state index contributed by atoms with van der Waals surface area (Å²) in [6.45, 7) is 8.87. The lowest BCUT2D eigenvalue weighted by atomic mass is 10.1. The molecule has 1 heterocycles. The van der Waals surface area contributed by atoms with E-state index in [-0.39, 0.29) is 5.91 Å². The Morgan fingerprint density at radius 1 is 1.10 bits per heavy atom. The van der Waals surface area contributed by atoms with Gasteiger partial charge in [-0.2, -0.15) is 0 Å². The quantitative estimate of drug-likeness (QED) is 0.660. The minimum Gasteiger partial charge on any atom is -0.355 e. The van der Waals surface area contributed by atoms with Gasteiger partial charge in [0, 0.05) is 17.5 Å². The lowest BCUT2D eigenvalue weighted by Crippen LogP contribution is -2.44. The van der Waals surface area contributed by atoms with Crippen LogP contribution in [0.5, 0.6) is 0 Å². The molecule has 0 saturated carbocycles. The lowest BCUT2D eigenvalue weighted by Gasteiger charge is -2.19. The summed E-state index contributed by atoms with van der Waals surface area (Å²) in [6, 6.07) is 0. The molecule has 0 saturated heterocycles. The van der Waals surface area contributed by atoms with Crippen molar-refractivity contribution in [3.63, 3.8) is 0 Å². The summed E-state index contributed by atoms with van der Waals surface area (Å²) >= 11 is 1.18. The van der Waals surface area contributed by atoms with Crippen LogP contribution in [0, 0.1) is 13.8 Å². The van der Waals surface area contributed by atoms with Crippen LogP contribution < -0.4 is 10.6 Å². The molecule has 0 unspecified atom stereocenters. The molecule has 0 fully saturated rings. The predicted molar refractivity (Wildman–Crippen MR) is 79.4 cm³/mol. The minimum atomic E-state index is -0.648. The van der Waals surface area contributed by atoms with Crippen molar-refractivity contribution in [3.05, 3.63) is 20.9 Å². The average Bonchev–Trinajstić information content (AvgIpc) is 2.61. The highest BCUT2D eigenvalue weighted by molar-refractivity contribution is 7.15. The maximum atomic E-state index is 12.2. The predicted octanol–water partition coefficient (Wildman–Crippen LogP) is 1.82. The van der Waals surface area contributed by atoms with Crippen molar-refractivity contribution in [2.45, 2.75) is 40.2 Å². The number of ketones is 1. The van der Waals surface area contributed by atoms with Crippen molar-refractivity contribution in [2.75, 3.05) is 7.05 Å². The zero-order chi connectivity index (χ0) is 15.7. The molecule has 1 aromatic rings. The Balaban J connectivity index is 3.13. The molecule has 2 N–H and O–H groups in total. The largest absolute Gasteiger partial charge is 0.355 e. The first-order chi connectivity index (χ1) is 9.08. The Kier molecular flexibility index (Phi) is 4.70. The second-order valence-electron chi connectivity index (χ2n) is 5.60. The van der Waals surface area contributed by atoms with Crippen LogP contribution in [0.2, 0.25) is 0 Å². The number of hydrogen-bond acceptors (Lipinski definition) is 4. The molecule has 0 bridgehead atoms. The molecular formula is C14H20N2O3S. The monoisotopic (exact) mass is 296 g/mol. The first kappa shape index (κ1) is 16.4. The fourth-order valence-electron chi connectivity index (χ4n) is 1.83. The summed E-state index contributed by atoms with van der Waals surface area (Å²) in [7, 11) is 1.53. The molecule has 2 amide bonds. The van der Waals surface area contributed by atoms with E-state index in [0.717, 1.165) is 4.88 Å². The maximum absolute atomic E-state index is 12.2. The number of thiophene rings is 1. The first-order valence-electron chi connectivity index (χ1n) is 6.27. The third-order valence-electron chi connectivity index (χ3n) is 2.68. The van der Waals surface area contributed by atoms with Gasteiger partial charge in [-0.15, -0.1) is 11.3 Å². The van der Waals surface area contributed by atoms with Gasteiger partial charge >= 0.3 is 0 Å². The van der Waals surface area contributed by atoms with Crippen molar-refractivity contribution in [2.24, 2.45) is 0 Å². The van der Waals surface area contributed by atoms with E-state index in [0.29, 0.717) is 16.0 Å². The number of amides is 2. The van der Waals surface area contributed by atoms with Crippen LogP contribution in [-0.2, 0) is 4.79 Å². The van der Waals surface area contributed by atoms with Crippen LogP contribution in [0.1, 0.15) is 51.2 Å². The number of hydrogen-bond donors (Lipinski definition) is 2. The van der Waals surface area contributed by atoms with Gasteiger partial charge in [0.1, 0.15) is 0 Å². The first-order valence-corrected chi connectivity index (χ1v) is 7.09. The van der Waals surface area contributed by atoms with Crippen LogP contribution in [0.3, 0.4) is 0 Å². The lowest BCUT2D eigenvalue weighted by molar-refractivity contribution is -0.118. The van der Waals surface area contributed by atoms with Gasteiger partial charge in [-0.25, -0.2) is 0 Å². The number of carbonyl (C=O) groups is 3. The molecule has 0 aliphatic heterocycles. The topological polar surface area (TPSA) is 75.3 Å². The SMILES string of the molecule is CNC(=O)c1c(C)sc(C(=O)C(=O)NC(C)(C)C)c1C. The van der Waals surface area contributed by atoms with Crippen molar-refractivity contribution >= 4 is 28.9 Å². The summed E-state index contributed by atoms with van der Waals surface area (Å²) in [5.74, 6) is -1.49. The van der Waals surface area contributed by atoms with E-state index in [9.17, 15) is 14.4 Å². The number of carbonyl (C=O) groups excluding carboxylic acids is 3. The standard InChI is InChI=1S/C14H20N2O3S/c1-7-9(12(18)15-6)8(2)20-11(7)10(17)13(19)16-14(3,4)5/h1-6H3,(H,15,18)(H,16,19). The Labute approximate surface area is 122 Å². The molecule has 0 aliphatic rings. The van der Waals surface area contributed by atoms with E-state index in [1.807, 2.05) is 0 Å². The smallest absolute Gasteiger partial charge is 0.293 e. The highest BCUT2D eigenvalue weighted by Gasteiger charge is 2.27. The molecule has 0 atom stereocenters. The number of rotatable bonds is 3. The van der Waals surface area contributed by atoms with Crippen molar-refractivity contribution in [3.8, 4) is 0 Å². The molecule has 6 heteroatoms. The van der Waals surface area contributed by atoms with Gasteiger partial charge < -0.3 is 10.6 Å². The molecule has 1 aromatic heterocycles. The molecule has 1 rings (SSSR count). The fraction of sp³-hybridized carbons (Fsp3) is 0.500. The second kappa shape index (κ2) is 5.75. The Morgan fingerprint density at radius 2 is 1.65 bits per heavy atom. The van der Waals surface area contributed by atoms with Gasteiger partial charge in [-0.3, -0.25) is 14.4 Å². The van der Waals surface area contributed by atoms with Gasteiger partial charge in [0.2, 0.25) is 0 Å². The molecule has 0 radical (unpaired) electrons. The molecule has 0 aliphatic carbocycles. The molecule has 110 valence electrons. The zero-order valence-electron chi connectivity index (χ0n) is 12.6. The third-order valence-corrected chi connectivity index (χ3v) is 3.88. The fourth-order valence-corrected chi connectivity index (χ4v) is 2.93. The number of Topliss-reactive ketones (excluding diaryl/α,β-unsaturated/α-hetero) is 1. The van der Waals surface area contributed by atoms with Crippen molar-refractivity contribution < 1.29 is 14.4 Å². The Hall–Kier alpha value is -1.69. The molecule has 5 nitrogen and oxygen atoms in total.